The Morgan fingerprint density at radius 3 is 2.43 bits per heavy atom. The summed E-state index contributed by atoms with van der Waals surface area (Å²) in [4.78, 5) is 14.9. The zero-order valence-corrected chi connectivity index (χ0v) is 16.2. The second-order valence-corrected chi connectivity index (χ2v) is 6.79. The van der Waals surface area contributed by atoms with E-state index in [4.69, 9.17) is 21.1 Å². The molecule has 4 rings (SSSR count). The quantitative estimate of drug-likeness (QED) is 0.651. The Morgan fingerprint density at radius 1 is 0.964 bits per heavy atom. The van der Waals surface area contributed by atoms with Gasteiger partial charge in [-0.15, -0.1) is 0 Å². The van der Waals surface area contributed by atoms with Gasteiger partial charge in [0.2, 0.25) is 0 Å². The van der Waals surface area contributed by atoms with E-state index in [0.717, 1.165) is 16.9 Å². The fraction of sp³-hybridized carbons (Fsp3) is 0.136. The summed E-state index contributed by atoms with van der Waals surface area (Å²) in [5, 5.41) is 4.07. The summed E-state index contributed by atoms with van der Waals surface area (Å²) in [7, 11) is 3.22. The molecule has 0 aliphatic carbocycles. The van der Waals surface area contributed by atoms with E-state index in [1.165, 1.54) is 0 Å². The zero-order valence-electron chi connectivity index (χ0n) is 15.5. The molecule has 0 aromatic heterocycles. The number of nitrogens with zero attached hydrogens (tertiary/aromatic N) is 1. The van der Waals surface area contributed by atoms with Crippen LogP contribution < -0.4 is 19.7 Å². The maximum atomic E-state index is 13.2. The highest BCUT2D eigenvalue weighted by Crippen LogP contribution is 2.40. The van der Waals surface area contributed by atoms with Gasteiger partial charge in [-0.25, -0.2) is 0 Å². The van der Waals surface area contributed by atoms with Crippen LogP contribution in [0.2, 0.25) is 5.02 Å². The summed E-state index contributed by atoms with van der Waals surface area (Å²) in [5.74, 6) is 1.28. The first-order valence-corrected chi connectivity index (χ1v) is 9.17. The van der Waals surface area contributed by atoms with E-state index in [1.54, 1.807) is 31.3 Å². The number of rotatable bonds is 5. The Balaban J connectivity index is 1.80. The van der Waals surface area contributed by atoms with Crippen molar-refractivity contribution in [2.24, 2.45) is 0 Å². The fourth-order valence-electron chi connectivity index (χ4n) is 3.40. The monoisotopic (exact) mass is 394 g/mol. The van der Waals surface area contributed by atoms with Gasteiger partial charge < -0.3 is 14.8 Å². The number of fused-ring (bicyclic) bond motifs is 1. The number of hydrogen-bond donors (Lipinski definition) is 1. The first kappa shape index (κ1) is 18.2. The normalized spacial score (nSPS) is 15.3. The summed E-state index contributed by atoms with van der Waals surface area (Å²) in [5.41, 5.74) is 3.05. The van der Waals surface area contributed by atoms with Crippen LogP contribution in [0.3, 0.4) is 0 Å². The molecule has 1 amide bonds. The Morgan fingerprint density at radius 2 is 1.71 bits per heavy atom. The van der Waals surface area contributed by atoms with E-state index >= 15 is 0 Å². The molecule has 6 heteroatoms. The highest BCUT2D eigenvalue weighted by molar-refractivity contribution is 6.30. The number of carbonyl (C=O) groups is 1. The predicted octanol–water partition coefficient (Wildman–Crippen LogP) is 5.13. The second kappa shape index (κ2) is 7.44. The van der Waals surface area contributed by atoms with E-state index in [0.29, 0.717) is 22.1 Å². The molecule has 5 nitrogen and oxygen atoms in total. The Kier molecular flexibility index (Phi) is 4.84. The molecule has 3 aromatic carbocycles. The van der Waals surface area contributed by atoms with Crippen LogP contribution in [-0.4, -0.2) is 20.1 Å². The van der Waals surface area contributed by atoms with Crippen molar-refractivity contribution in [3.8, 4) is 11.5 Å². The standard InChI is InChI=1S/C22H19ClN2O3/c1-27-16-11-12-20(28-2)19(13-16)24-21-17-5-3-4-6-18(17)22(26)25(21)15-9-7-14(23)8-10-15/h3-13,21,24H,1-2H3. The van der Waals surface area contributed by atoms with Gasteiger partial charge in [0.25, 0.3) is 5.91 Å². The molecule has 1 aliphatic heterocycles. The lowest BCUT2D eigenvalue weighted by Crippen LogP contribution is -2.32. The third-order valence-corrected chi connectivity index (χ3v) is 5.02. The van der Waals surface area contributed by atoms with Crippen molar-refractivity contribution in [2.45, 2.75) is 6.17 Å². The van der Waals surface area contributed by atoms with Gasteiger partial charge in [-0.2, -0.15) is 0 Å². The van der Waals surface area contributed by atoms with Gasteiger partial charge in [-0.3, -0.25) is 9.69 Å². The Hall–Kier alpha value is -3.18. The van der Waals surface area contributed by atoms with Crippen LogP contribution in [0.1, 0.15) is 22.1 Å². The summed E-state index contributed by atoms with van der Waals surface area (Å²) in [6, 6.07) is 20.3. The summed E-state index contributed by atoms with van der Waals surface area (Å²) in [6.07, 6.45) is -0.397. The Bertz CT molecular complexity index is 1020. The first-order chi connectivity index (χ1) is 13.6. The highest BCUT2D eigenvalue weighted by atomic mass is 35.5. The molecule has 1 heterocycles. The minimum atomic E-state index is -0.397. The van der Waals surface area contributed by atoms with Gasteiger partial charge >= 0.3 is 0 Å². The number of ether oxygens (including phenoxy) is 2. The van der Waals surface area contributed by atoms with Gasteiger partial charge in [-0.1, -0.05) is 29.8 Å². The van der Waals surface area contributed by atoms with Gasteiger partial charge in [-0.05, 0) is 42.5 Å². The number of methoxy groups -OCH3 is 2. The molecule has 3 aromatic rings. The molecular weight excluding hydrogens is 376 g/mol. The Labute approximate surface area is 168 Å². The average Bonchev–Trinajstić information content (AvgIpc) is 3.00. The third-order valence-electron chi connectivity index (χ3n) is 4.77. The second-order valence-electron chi connectivity index (χ2n) is 6.35. The topological polar surface area (TPSA) is 50.8 Å². The van der Waals surface area contributed by atoms with Crippen molar-refractivity contribution < 1.29 is 14.3 Å². The van der Waals surface area contributed by atoms with E-state index in [2.05, 4.69) is 5.32 Å². The molecule has 0 saturated heterocycles. The van der Waals surface area contributed by atoms with Crippen molar-refractivity contribution in [3.63, 3.8) is 0 Å². The van der Waals surface area contributed by atoms with Crippen LogP contribution in [0.5, 0.6) is 11.5 Å². The molecular formula is C22H19ClN2O3. The van der Waals surface area contributed by atoms with Crippen molar-refractivity contribution in [1.82, 2.24) is 0 Å². The van der Waals surface area contributed by atoms with E-state index in [9.17, 15) is 4.79 Å². The molecule has 142 valence electrons. The van der Waals surface area contributed by atoms with Crippen molar-refractivity contribution in [1.29, 1.82) is 0 Å². The molecule has 0 radical (unpaired) electrons. The maximum Gasteiger partial charge on any atom is 0.260 e. The largest absolute Gasteiger partial charge is 0.497 e. The summed E-state index contributed by atoms with van der Waals surface area (Å²) < 4.78 is 10.8. The van der Waals surface area contributed by atoms with E-state index in [1.807, 2.05) is 54.6 Å². The van der Waals surface area contributed by atoms with E-state index < -0.39 is 6.17 Å². The zero-order chi connectivity index (χ0) is 19.7. The van der Waals surface area contributed by atoms with Gasteiger partial charge in [0.15, 0.2) is 0 Å². The minimum Gasteiger partial charge on any atom is -0.497 e. The number of benzene rings is 3. The average molecular weight is 395 g/mol. The summed E-state index contributed by atoms with van der Waals surface area (Å²) >= 11 is 6.03. The SMILES string of the molecule is COc1ccc(OC)c(NC2c3ccccc3C(=O)N2c2ccc(Cl)cc2)c1. The summed E-state index contributed by atoms with van der Waals surface area (Å²) in [6.45, 7) is 0. The van der Waals surface area contributed by atoms with Crippen LogP contribution in [0.4, 0.5) is 11.4 Å². The molecule has 0 spiro atoms. The molecule has 1 unspecified atom stereocenters. The van der Waals surface area contributed by atoms with Gasteiger partial charge in [0, 0.05) is 27.9 Å². The molecule has 1 aliphatic rings. The highest BCUT2D eigenvalue weighted by Gasteiger charge is 2.38. The maximum absolute atomic E-state index is 13.2. The number of nitrogens with one attached hydrogen (secondary N) is 1. The van der Waals surface area contributed by atoms with Crippen LogP contribution in [0.25, 0.3) is 0 Å². The number of halogens is 1. The van der Waals surface area contributed by atoms with E-state index in [-0.39, 0.29) is 5.91 Å². The molecule has 28 heavy (non-hydrogen) atoms. The van der Waals surface area contributed by atoms with Crippen LogP contribution in [0, 0.1) is 0 Å². The van der Waals surface area contributed by atoms with Crippen LogP contribution in [0.15, 0.2) is 66.7 Å². The van der Waals surface area contributed by atoms with Crippen LogP contribution >= 0.6 is 11.6 Å². The number of hydrogen-bond acceptors (Lipinski definition) is 4. The minimum absolute atomic E-state index is 0.0720. The smallest absolute Gasteiger partial charge is 0.260 e. The molecule has 0 bridgehead atoms. The lowest BCUT2D eigenvalue weighted by Gasteiger charge is -2.28. The fourth-order valence-corrected chi connectivity index (χ4v) is 3.53. The van der Waals surface area contributed by atoms with Gasteiger partial charge in [0.1, 0.15) is 17.7 Å². The lowest BCUT2D eigenvalue weighted by atomic mass is 10.1. The van der Waals surface area contributed by atoms with Crippen molar-refractivity contribution in [3.05, 3.63) is 82.9 Å². The molecule has 1 N–H and O–H groups in total. The van der Waals surface area contributed by atoms with Crippen LogP contribution in [-0.2, 0) is 0 Å². The molecule has 0 fully saturated rings. The molecule has 0 saturated carbocycles. The van der Waals surface area contributed by atoms with Gasteiger partial charge in [0.05, 0.1) is 19.9 Å². The van der Waals surface area contributed by atoms with Crippen molar-refractivity contribution in [2.75, 3.05) is 24.4 Å². The number of carbonyl (C=O) groups excluding carboxylic acids is 1. The first-order valence-electron chi connectivity index (χ1n) is 8.79. The molecule has 1 atom stereocenters. The predicted molar refractivity (Wildman–Crippen MR) is 111 cm³/mol. The third kappa shape index (κ3) is 3.14. The lowest BCUT2D eigenvalue weighted by molar-refractivity contribution is 0.0993. The van der Waals surface area contributed by atoms with Crippen molar-refractivity contribution >= 4 is 28.9 Å². The number of anilines is 2. The number of amides is 1.